The van der Waals surface area contributed by atoms with Crippen LogP contribution < -0.4 is 4.72 Å². The zero-order valence-electron chi connectivity index (χ0n) is 10.5. The van der Waals surface area contributed by atoms with Crippen LogP contribution in [0.1, 0.15) is 5.56 Å². The highest BCUT2D eigenvalue weighted by Gasteiger charge is 2.02. The highest BCUT2D eigenvalue weighted by atomic mass is 32.2. The summed E-state index contributed by atoms with van der Waals surface area (Å²) < 4.78 is 23.2. The standard InChI is InChI=1S/C14H16N2O2S/c1-3-10-16(11-4-2)12-9-13-5-7-14(8-6-13)15-19(17)18/h1-2,5-8,15H,9-12H2,(H,17,18)/p-1. The van der Waals surface area contributed by atoms with Crippen molar-refractivity contribution in [1.29, 1.82) is 0 Å². The van der Waals surface area contributed by atoms with Gasteiger partial charge in [0.2, 0.25) is 0 Å². The fraction of sp³-hybridized carbons (Fsp3) is 0.286. The minimum atomic E-state index is -2.29. The lowest BCUT2D eigenvalue weighted by atomic mass is 10.1. The zero-order valence-corrected chi connectivity index (χ0v) is 11.3. The Bertz CT molecular complexity index is 484. The molecule has 0 saturated heterocycles. The van der Waals surface area contributed by atoms with Gasteiger partial charge in [0, 0.05) is 23.5 Å². The van der Waals surface area contributed by atoms with Gasteiger partial charge in [0.15, 0.2) is 0 Å². The lowest BCUT2D eigenvalue weighted by Crippen LogP contribution is -2.26. The highest BCUT2D eigenvalue weighted by molar-refractivity contribution is 7.80. The molecule has 1 aromatic rings. The van der Waals surface area contributed by atoms with Gasteiger partial charge in [0.05, 0.1) is 13.1 Å². The lowest BCUT2D eigenvalue weighted by Gasteiger charge is -2.16. The maximum atomic E-state index is 10.5. The Kier molecular flexibility index (Phi) is 6.70. The first-order valence-corrected chi connectivity index (χ1v) is 6.77. The van der Waals surface area contributed by atoms with Crippen molar-refractivity contribution in [3.05, 3.63) is 29.8 Å². The second kappa shape index (κ2) is 8.34. The van der Waals surface area contributed by atoms with Gasteiger partial charge < -0.3 is 9.27 Å². The third-order valence-corrected chi connectivity index (χ3v) is 2.90. The Morgan fingerprint density at radius 1 is 1.21 bits per heavy atom. The van der Waals surface area contributed by atoms with E-state index in [0.29, 0.717) is 18.8 Å². The molecule has 0 aliphatic rings. The molecule has 0 fully saturated rings. The largest absolute Gasteiger partial charge is 0.755 e. The van der Waals surface area contributed by atoms with E-state index in [9.17, 15) is 8.76 Å². The molecule has 19 heavy (non-hydrogen) atoms. The minimum absolute atomic E-state index is 0.527. The molecule has 1 N–H and O–H groups in total. The summed E-state index contributed by atoms with van der Waals surface area (Å²) in [7, 11) is 0. The fourth-order valence-corrected chi connectivity index (χ4v) is 1.92. The summed E-state index contributed by atoms with van der Waals surface area (Å²) in [4.78, 5) is 2.00. The molecule has 0 radical (unpaired) electrons. The van der Waals surface area contributed by atoms with Crippen molar-refractivity contribution in [2.75, 3.05) is 24.4 Å². The second-order valence-corrected chi connectivity index (χ2v) is 4.58. The van der Waals surface area contributed by atoms with Gasteiger partial charge in [-0.3, -0.25) is 9.11 Å². The Morgan fingerprint density at radius 3 is 2.26 bits per heavy atom. The van der Waals surface area contributed by atoms with Gasteiger partial charge in [-0.2, -0.15) is 0 Å². The lowest BCUT2D eigenvalue weighted by molar-refractivity contribution is 0.350. The van der Waals surface area contributed by atoms with E-state index in [0.717, 1.165) is 18.5 Å². The van der Waals surface area contributed by atoms with Crippen LogP contribution in [0.25, 0.3) is 0 Å². The molecule has 0 heterocycles. The van der Waals surface area contributed by atoms with Crippen LogP contribution >= 0.6 is 0 Å². The average Bonchev–Trinajstić information content (AvgIpc) is 2.37. The van der Waals surface area contributed by atoms with E-state index >= 15 is 0 Å². The summed E-state index contributed by atoms with van der Waals surface area (Å²) in [6, 6.07) is 7.19. The summed E-state index contributed by atoms with van der Waals surface area (Å²) in [5.74, 6) is 5.14. The predicted octanol–water partition coefficient (Wildman–Crippen LogP) is 1.00. The topological polar surface area (TPSA) is 55.4 Å². The molecule has 5 heteroatoms. The number of hydrogen-bond acceptors (Lipinski definition) is 3. The molecule has 0 bridgehead atoms. The van der Waals surface area contributed by atoms with Crippen LogP contribution in [0.3, 0.4) is 0 Å². The molecule has 0 saturated carbocycles. The van der Waals surface area contributed by atoms with E-state index in [2.05, 4.69) is 16.6 Å². The number of nitrogens with one attached hydrogen (secondary N) is 1. The Hall–Kier alpha value is -1.79. The van der Waals surface area contributed by atoms with Crippen LogP contribution in [0, 0.1) is 24.7 Å². The highest BCUT2D eigenvalue weighted by Crippen LogP contribution is 2.10. The normalized spacial score (nSPS) is 11.6. The zero-order chi connectivity index (χ0) is 14.1. The van der Waals surface area contributed by atoms with Crippen molar-refractivity contribution < 1.29 is 8.76 Å². The summed E-state index contributed by atoms with van der Waals surface area (Å²) in [6.45, 7) is 1.83. The maximum absolute atomic E-state index is 10.5. The second-order valence-electron chi connectivity index (χ2n) is 3.90. The molecule has 0 amide bonds. The van der Waals surface area contributed by atoms with Crippen LogP contribution in [-0.2, 0) is 17.7 Å². The third kappa shape index (κ3) is 6.08. The van der Waals surface area contributed by atoms with Crippen LogP contribution in [0.5, 0.6) is 0 Å². The van der Waals surface area contributed by atoms with Crippen molar-refractivity contribution in [2.24, 2.45) is 0 Å². The van der Waals surface area contributed by atoms with E-state index in [4.69, 9.17) is 12.8 Å². The van der Waals surface area contributed by atoms with E-state index in [1.54, 1.807) is 12.1 Å². The van der Waals surface area contributed by atoms with Gasteiger partial charge in [0.1, 0.15) is 0 Å². The Labute approximate surface area is 116 Å². The van der Waals surface area contributed by atoms with Crippen LogP contribution in [0.4, 0.5) is 5.69 Å². The van der Waals surface area contributed by atoms with Crippen LogP contribution in [0.15, 0.2) is 24.3 Å². The monoisotopic (exact) mass is 275 g/mol. The summed E-state index contributed by atoms with van der Waals surface area (Å²) >= 11 is -2.29. The minimum Gasteiger partial charge on any atom is -0.755 e. The first-order chi connectivity index (χ1) is 9.15. The molecular weight excluding hydrogens is 260 g/mol. The van der Waals surface area contributed by atoms with Gasteiger partial charge in [0.25, 0.3) is 0 Å². The quantitative estimate of drug-likeness (QED) is 0.597. The van der Waals surface area contributed by atoms with E-state index in [-0.39, 0.29) is 0 Å². The summed E-state index contributed by atoms with van der Waals surface area (Å²) in [5.41, 5.74) is 1.64. The van der Waals surface area contributed by atoms with E-state index in [1.165, 1.54) is 0 Å². The van der Waals surface area contributed by atoms with Crippen LogP contribution in [-0.4, -0.2) is 33.3 Å². The number of benzene rings is 1. The molecule has 1 aromatic carbocycles. The molecule has 1 rings (SSSR count). The van der Waals surface area contributed by atoms with Crippen molar-refractivity contribution >= 4 is 17.0 Å². The van der Waals surface area contributed by atoms with Gasteiger partial charge in [-0.1, -0.05) is 24.0 Å². The summed E-state index contributed by atoms with van der Waals surface area (Å²) in [6.07, 6.45) is 11.3. The fourth-order valence-electron chi connectivity index (χ4n) is 1.60. The third-order valence-electron chi connectivity index (χ3n) is 2.50. The maximum Gasteiger partial charge on any atom is 0.0607 e. The molecular formula is C14H15N2O2S-. The van der Waals surface area contributed by atoms with Crippen molar-refractivity contribution in [1.82, 2.24) is 4.90 Å². The van der Waals surface area contributed by atoms with Crippen molar-refractivity contribution in [3.63, 3.8) is 0 Å². The number of hydrogen-bond donors (Lipinski definition) is 1. The Balaban J connectivity index is 2.51. The van der Waals surface area contributed by atoms with Gasteiger partial charge >= 0.3 is 0 Å². The van der Waals surface area contributed by atoms with Gasteiger partial charge in [-0.05, 0) is 24.1 Å². The van der Waals surface area contributed by atoms with Gasteiger partial charge in [-0.15, -0.1) is 12.8 Å². The first-order valence-electron chi connectivity index (χ1n) is 5.70. The van der Waals surface area contributed by atoms with E-state index < -0.39 is 11.3 Å². The van der Waals surface area contributed by atoms with Crippen molar-refractivity contribution in [3.8, 4) is 24.7 Å². The number of rotatable bonds is 7. The molecule has 0 aliphatic heterocycles. The van der Waals surface area contributed by atoms with Gasteiger partial charge in [-0.25, -0.2) is 0 Å². The van der Waals surface area contributed by atoms with Crippen molar-refractivity contribution in [2.45, 2.75) is 6.42 Å². The van der Waals surface area contributed by atoms with Crippen LogP contribution in [0.2, 0.25) is 0 Å². The number of anilines is 1. The number of nitrogens with zero attached hydrogens (tertiary/aromatic N) is 1. The molecule has 100 valence electrons. The smallest absolute Gasteiger partial charge is 0.0607 e. The predicted molar refractivity (Wildman–Crippen MR) is 76.8 cm³/mol. The molecule has 4 nitrogen and oxygen atoms in total. The van der Waals surface area contributed by atoms with E-state index in [1.807, 2.05) is 17.0 Å². The summed E-state index contributed by atoms with van der Waals surface area (Å²) in [5, 5.41) is 0. The number of terminal acetylenes is 2. The first kappa shape index (κ1) is 15.3. The molecule has 0 aromatic heterocycles. The SMILES string of the molecule is C#CCN(CC#C)CCc1ccc(NS(=O)[O-])cc1. The molecule has 0 aliphatic carbocycles. The average molecular weight is 275 g/mol. The Morgan fingerprint density at radius 2 is 1.79 bits per heavy atom. The molecule has 1 unspecified atom stereocenters. The molecule has 1 atom stereocenters. The molecule has 0 spiro atoms.